The molecule has 20 heavy (non-hydrogen) atoms. The first-order valence-electron chi connectivity index (χ1n) is 6.47. The summed E-state index contributed by atoms with van der Waals surface area (Å²) in [6, 6.07) is -1.52. The summed E-state index contributed by atoms with van der Waals surface area (Å²) < 4.78 is 0. The Bertz CT molecular complexity index is 339. The number of primary amides is 1. The Morgan fingerprint density at radius 3 is 2.50 bits per heavy atom. The van der Waals surface area contributed by atoms with Crippen molar-refractivity contribution in [3.8, 4) is 0 Å². The number of carboxylic acids is 1. The Morgan fingerprint density at radius 1 is 1.40 bits per heavy atom. The highest BCUT2D eigenvalue weighted by Crippen LogP contribution is 2.03. The molecule has 0 bridgehead atoms. The minimum Gasteiger partial charge on any atom is -0.480 e. The van der Waals surface area contributed by atoms with Crippen molar-refractivity contribution < 1.29 is 19.5 Å². The first kappa shape index (κ1) is 18.6. The molecule has 7 nitrogen and oxygen atoms in total. The Labute approximate surface area is 123 Å². The third kappa shape index (κ3) is 7.88. The molecule has 0 aromatic carbocycles. The SMILES string of the molecule is CCCCN(CC(N)=O)C(=O)N[C@@H](CCSC)C(=O)O. The zero-order chi connectivity index (χ0) is 15.5. The van der Waals surface area contributed by atoms with Crippen molar-refractivity contribution in [1.82, 2.24) is 10.2 Å². The highest BCUT2D eigenvalue weighted by atomic mass is 32.2. The van der Waals surface area contributed by atoms with Gasteiger partial charge in [0.15, 0.2) is 0 Å². The molecule has 0 radical (unpaired) electrons. The monoisotopic (exact) mass is 305 g/mol. The second kappa shape index (κ2) is 10.4. The number of rotatable bonds is 10. The number of thioether (sulfide) groups is 1. The number of nitrogens with zero attached hydrogens (tertiary/aromatic N) is 1. The number of hydrogen-bond donors (Lipinski definition) is 3. The number of nitrogens with one attached hydrogen (secondary N) is 1. The van der Waals surface area contributed by atoms with Crippen LogP contribution in [-0.4, -0.2) is 59.1 Å². The van der Waals surface area contributed by atoms with Crippen LogP contribution in [0.4, 0.5) is 4.79 Å². The van der Waals surface area contributed by atoms with Crippen LogP contribution >= 0.6 is 11.8 Å². The number of carbonyl (C=O) groups is 3. The van der Waals surface area contributed by atoms with Gasteiger partial charge in [0.05, 0.1) is 0 Å². The van der Waals surface area contributed by atoms with Crippen LogP contribution in [0.15, 0.2) is 0 Å². The molecule has 0 aliphatic rings. The van der Waals surface area contributed by atoms with Crippen molar-refractivity contribution in [3.63, 3.8) is 0 Å². The summed E-state index contributed by atoms with van der Waals surface area (Å²) in [6.45, 7) is 2.12. The lowest BCUT2D eigenvalue weighted by Gasteiger charge is -2.24. The van der Waals surface area contributed by atoms with E-state index in [1.165, 1.54) is 16.7 Å². The Kier molecular flexibility index (Phi) is 9.61. The average Bonchev–Trinajstić information content (AvgIpc) is 2.38. The topological polar surface area (TPSA) is 113 Å². The predicted octanol–water partition coefficient (Wildman–Crippen LogP) is 0.490. The molecule has 0 heterocycles. The molecular formula is C12H23N3O4S. The zero-order valence-electron chi connectivity index (χ0n) is 11.9. The van der Waals surface area contributed by atoms with Gasteiger partial charge in [-0.2, -0.15) is 11.8 Å². The normalized spacial score (nSPS) is 11.7. The van der Waals surface area contributed by atoms with E-state index in [4.69, 9.17) is 10.8 Å². The Morgan fingerprint density at radius 2 is 2.05 bits per heavy atom. The van der Waals surface area contributed by atoms with Gasteiger partial charge in [-0.15, -0.1) is 0 Å². The molecule has 0 rings (SSSR count). The van der Waals surface area contributed by atoms with Crippen molar-refractivity contribution in [2.45, 2.75) is 32.2 Å². The van der Waals surface area contributed by atoms with Gasteiger partial charge in [0.2, 0.25) is 5.91 Å². The van der Waals surface area contributed by atoms with Crippen LogP contribution in [-0.2, 0) is 9.59 Å². The van der Waals surface area contributed by atoms with Gasteiger partial charge < -0.3 is 21.1 Å². The molecule has 116 valence electrons. The van der Waals surface area contributed by atoms with Crippen LogP contribution in [0.25, 0.3) is 0 Å². The number of amides is 3. The van der Waals surface area contributed by atoms with E-state index in [0.29, 0.717) is 18.7 Å². The summed E-state index contributed by atoms with van der Waals surface area (Å²) in [6.07, 6.45) is 3.78. The van der Waals surface area contributed by atoms with Crippen LogP contribution in [0.3, 0.4) is 0 Å². The second-order valence-corrected chi connectivity index (χ2v) is 5.35. The Balaban J connectivity index is 4.59. The van der Waals surface area contributed by atoms with Crippen LogP contribution in [0, 0.1) is 0 Å². The van der Waals surface area contributed by atoms with Gasteiger partial charge in [-0.25, -0.2) is 9.59 Å². The third-order valence-corrected chi connectivity index (χ3v) is 3.27. The fourth-order valence-electron chi connectivity index (χ4n) is 1.52. The van der Waals surface area contributed by atoms with Gasteiger partial charge in [-0.3, -0.25) is 4.79 Å². The molecular weight excluding hydrogens is 282 g/mol. The largest absolute Gasteiger partial charge is 0.480 e. The van der Waals surface area contributed by atoms with Crippen molar-refractivity contribution in [1.29, 1.82) is 0 Å². The molecule has 3 amide bonds. The quantitative estimate of drug-likeness (QED) is 0.543. The molecule has 0 saturated heterocycles. The number of unbranched alkanes of at least 4 members (excludes halogenated alkanes) is 1. The van der Waals surface area contributed by atoms with E-state index < -0.39 is 23.9 Å². The van der Waals surface area contributed by atoms with Gasteiger partial charge in [-0.1, -0.05) is 13.3 Å². The van der Waals surface area contributed by atoms with Crippen LogP contribution in [0.2, 0.25) is 0 Å². The van der Waals surface area contributed by atoms with Crippen molar-refractivity contribution in [3.05, 3.63) is 0 Å². The molecule has 1 atom stereocenters. The van der Waals surface area contributed by atoms with Gasteiger partial charge in [0.1, 0.15) is 12.6 Å². The second-order valence-electron chi connectivity index (χ2n) is 4.36. The minimum atomic E-state index is -1.08. The number of nitrogens with two attached hydrogens (primary N) is 1. The van der Waals surface area contributed by atoms with E-state index in [9.17, 15) is 14.4 Å². The minimum absolute atomic E-state index is 0.208. The van der Waals surface area contributed by atoms with E-state index in [0.717, 1.165) is 12.8 Å². The lowest BCUT2D eigenvalue weighted by Crippen LogP contribution is -2.50. The maximum atomic E-state index is 12.0. The van der Waals surface area contributed by atoms with Gasteiger partial charge >= 0.3 is 12.0 Å². The molecule has 0 unspecified atom stereocenters. The van der Waals surface area contributed by atoms with Crippen LogP contribution in [0.1, 0.15) is 26.2 Å². The summed E-state index contributed by atoms with van der Waals surface area (Å²) in [5.74, 6) is -1.07. The summed E-state index contributed by atoms with van der Waals surface area (Å²) in [7, 11) is 0. The number of carbonyl (C=O) groups excluding carboxylic acids is 2. The lowest BCUT2D eigenvalue weighted by molar-refractivity contribution is -0.139. The summed E-state index contributed by atoms with van der Waals surface area (Å²) >= 11 is 1.51. The van der Waals surface area contributed by atoms with E-state index in [2.05, 4.69) is 5.32 Å². The van der Waals surface area contributed by atoms with Crippen LogP contribution in [0.5, 0.6) is 0 Å². The average molecular weight is 305 g/mol. The molecule has 4 N–H and O–H groups in total. The van der Waals surface area contributed by atoms with E-state index in [1.807, 2.05) is 13.2 Å². The number of hydrogen-bond acceptors (Lipinski definition) is 4. The highest BCUT2D eigenvalue weighted by Gasteiger charge is 2.23. The first-order chi connectivity index (χ1) is 9.42. The summed E-state index contributed by atoms with van der Waals surface area (Å²) in [5, 5.41) is 11.5. The molecule has 0 saturated carbocycles. The molecule has 0 fully saturated rings. The smallest absolute Gasteiger partial charge is 0.326 e. The molecule has 0 aromatic rings. The first-order valence-corrected chi connectivity index (χ1v) is 7.87. The standard InChI is InChI=1S/C12H23N3O4S/c1-3-4-6-15(8-10(13)16)12(19)14-9(11(17)18)5-7-20-2/h9H,3-8H2,1-2H3,(H2,13,16)(H,14,19)(H,17,18)/t9-/m0/s1. The number of aliphatic carboxylic acids is 1. The Hall–Kier alpha value is -1.44. The molecule has 0 aromatic heterocycles. The third-order valence-electron chi connectivity index (χ3n) is 2.62. The van der Waals surface area contributed by atoms with E-state index in [-0.39, 0.29) is 6.54 Å². The molecule has 8 heteroatoms. The van der Waals surface area contributed by atoms with Crippen molar-refractivity contribution in [2.75, 3.05) is 25.1 Å². The zero-order valence-corrected chi connectivity index (χ0v) is 12.7. The molecule has 0 aliphatic carbocycles. The predicted molar refractivity (Wildman–Crippen MR) is 78.6 cm³/mol. The van der Waals surface area contributed by atoms with E-state index >= 15 is 0 Å². The summed E-state index contributed by atoms with van der Waals surface area (Å²) in [5.41, 5.74) is 5.09. The van der Waals surface area contributed by atoms with Gasteiger partial charge in [-0.05, 0) is 24.9 Å². The fourth-order valence-corrected chi connectivity index (χ4v) is 1.99. The highest BCUT2D eigenvalue weighted by molar-refractivity contribution is 7.98. The van der Waals surface area contributed by atoms with Crippen LogP contribution < -0.4 is 11.1 Å². The lowest BCUT2D eigenvalue weighted by atomic mass is 10.2. The molecule has 0 spiro atoms. The molecule has 0 aliphatic heterocycles. The summed E-state index contributed by atoms with van der Waals surface area (Å²) in [4.78, 5) is 35.3. The van der Waals surface area contributed by atoms with Gasteiger partial charge in [0.25, 0.3) is 0 Å². The maximum Gasteiger partial charge on any atom is 0.326 e. The van der Waals surface area contributed by atoms with Crippen molar-refractivity contribution in [2.24, 2.45) is 5.73 Å². The van der Waals surface area contributed by atoms with Crippen molar-refractivity contribution >= 4 is 29.7 Å². The fraction of sp³-hybridized carbons (Fsp3) is 0.750. The number of carboxylic acid groups (broad SMARTS) is 1. The number of urea groups is 1. The maximum absolute atomic E-state index is 12.0. The van der Waals surface area contributed by atoms with Gasteiger partial charge in [0, 0.05) is 6.54 Å². The van der Waals surface area contributed by atoms with E-state index in [1.54, 1.807) is 0 Å².